The van der Waals surface area contributed by atoms with Crippen LogP contribution in [-0.2, 0) is 11.8 Å². The molecule has 0 spiro atoms. The number of nitrogens with one attached hydrogen (secondary N) is 1. The Morgan fingerprint density at radius 2 is 1.93 bits per heavy atom. The number of hydrogen-bond acceptors (Lipinski definition) is 7. The fraction of sp³-hybridized carbons (Fsp3) is 0.278. The Balaban J connectivity index is 1.70. The molecule has 3 rings (SSSR count). The fourth-order valence-electron chi connectivity index (χ4n) is 2.37. The van der Waals surface area contributed by atoms with E-state index < -0.39 is 5.25 Å². The van der Waals surface area contributed by atoms with Gasteiger partial charge < -0.3 is 23.8 Å². The van der Waals surface area contributed by atoms with E-state index in [0.717, 1.165) is 0 Å². The molecule has 1 amide bonds. The van der Waals surface area contributed by atoms with Crippen LogP contribution in [0.5, 0.6) is 11.5 Å². The Kier molecular flexibility index (Phi) is 5.70. The van der Waals surface area contributed by atoms with Gasteiger partial charge in [-0.1, -0.05) is 11.8 Å². The van der Waals surface area contributed by atoms with Crippen LogP contribution in [0.15, 0.2) is 46.2 Å². The largest absolute Gasteiger partial charge is 0.497 e. The predicted octanol–water partition coefficient (Wildman–Crippen LogP) is 3.21. The van der Waals surface area contributed by atoms with Gasteiger partial charge in [0.25, 0.3) is 0 Å². The van der Waals surface area contributed by atoms with Gasteiger partial charge in [-0.3, -0.25) is 4.79 Å². The molecule has 1 atom stereocenters. The van der Waals surface area contributed by atoms with Gasteiger partial charge in [-0.25, -0.2) is 0 Å². The van der Waals surface area contributed by atoms with Gasteiger partial charge in [0.05, 0.1) is 25.7 Å². The number of methoxy groups -OCH3 is 2. The van der Waals surface area contributed by atoms with E-state index in [1.807, 2.05) is 13.1 Å². The lowest BCUT2D eigenvalue weighted by molar-refractivity contribution is -0.115. The molecule has 0 aliphatic carbocycles. The first-order valence-corrected chi connectivity index (χ1v) is 9.03. The van der Waals surface area contributed by atoms with Gasteiger partial charge in [0.15, 0.2) is 16.7 Å². The highest BCUT2D eigenvalue weighted by Gasteiger charge is 2.20. The van der Waals surface area contributed by atoms with Crippen molar-refractivity contribution in [1.82, 2.24) is 14.8 Å². The molecule has 8 nitrogen and oxygen atoms in total. The summed E-state index contributed by atoms with van der Waals surface area (Å²) in [5, 5.41) is 11.4. The van der Waals surface area contributed by atoms with Crippen molar-refractivity contribution in [1.29, 1.82) is 0 Å². The number of benzene rings is 1. The quantitative estimate of drug-likeness (QED) is 0.621. The highest BCUT2D eigenvalue weighted by Crippen LogP contribution is 2.28. The van der Waals surface area contributed by atoms with E-state index in [0.29, 0.717) is 33.9 Å². The Bertz CT molecular complexity index is 901. The third-order valence-corrected chi connectivity index (χ3v) is 4.98. The molecule has 2 aromatic heterocycles. The Morgan fingerprint density at radius 3 is 2.52 bits per heavy atom. The molecule has 1 N–H and O–H groups in total. The van der Waals surface area contributed by atoms with Crippen LogP contribution in [0.25, 0.3) is 11.6 Å². The van der Waals surface area contributed by atoms with Crippen molar-refractivity contribution in [2.45, 2.75) is 17.3 Å². The lowest BCUT2D eigenvalue weighted by atomic mass is 10.2. The topological polar surface area (TPSA) is 91.4 Å². The summed E-state index contributed by atoms with van der Waals surface area (Å²) < 4.78 is 17.6. The molecule has 0 saturated heterocycles. The van der Waals surface area contributed by atoms with Crippen LogP contribution in [0.4, 0.5) is 5.69 Å². The molecule has 0 fully saturated rings. The molecule has 2 heterocycles. The van der Waals surface area contributed by atoms with E-state index in [9.17, 15) is 4.79 Å². The summed E-state index contributed by atoms with van der Waals surface area (Å²) in [4.78, 5) is 12.6. The molecule has 0 radical (unpaired) electrons. The molecule has 3 aromatic rings. The van der Waals surface area contributed by atoms with Crippen LogP contribution in [0, 0.1) is 0 Å². The first-order valence-electron chi connectivity index (χ1n) is 8.15. The molecule has 142 valence electrons. The van der Waals surface area contributed by atoms with E-state index in [1.165, 1.54) is 11.8 Å². The second kappa shape index (κ2) is 8.17. The molecule has 27 heavy (non-hydrogen) atoms. The minimum absolute atomic E-state index is 0.169. The number of aromatic nitrogens is 3. The van der Waals surface area contributed by atoms with Crippen LogP contribution < -0.4 is 14.8 Å². The summed E-state index contributed by atoms with van der Waals surface area (Å²) >= 11 is 1.31. The van der Waals surface area contributed by atoms with Crippen LogP contribution in [0.3, 0.4) is 0 Å². The summed E-state index contributed by atoms with van der Waals surface area (Å²) in [6.07, 6.45) is 1.58. The van der Waals surface area contributed by atoms with Gasteiger partial charge in [0.1, 0.15) is 11.5 Å². The highest BCUT2D eigenvalue weighted by molar-refractivity contribution is 8.00. The van der Waals surface area contributed by atoms with E-state index in [4.69, 9.17) is 13.9 Å². The number of rotatable bonds is 7. The number of ether oxygens (including phenoxy) is 2. The number of nitrogens with zero attached hydrogens (tertiary/aromatic N) is 3. The van der Waals surface area contributed by atoms with Gasteiger partial charge >= 0.3 is 0 Å². The van der Waals surface area contributed by atoms with Crippen molar-refractivity contribution < 1.29 is 18.7 Å². The zero-order chi connectivity index (χ0) is 19.4. The minimum Gasteiger partial charge on any atom is -0.497 e. The van der Waals surface area contributed by atoms with Crippen molar-refractivity contribution >= 4 is 23.4 Å². The van der Waals surface area contributed by atoms with Crippen molar-refractivity contribution in [2.75, 3.05) is 19.5 Å². The highest BCUT2D eigenvalue weighted by atomic mass is 32.2. The number of carbonyl (C=O) groups is 1. The molecular weight excluding hydrogens is 368 g/mol. The first kappa shape index (κ1) is 18.8. The van der Waals surface area contributed by atoms with Gasteiger partial charge in [0.2, 0.25) is 5.91 Å². The second-order valence-electron chi connectivity index (χ2n) is 5.69. The molecule has 0 saturated carbocycles. The number of carbonyl (C=O) groups excluding carboxylic acids is 1. The Hall–Kier alpha value is -2.94. The smallest absolute Gasteiger partial charge is 0.237 e. The summed E-state index contributed by atoms with van der Waals surface area (Å²) in [7, 11) is 4.95. The van der Waals surface area contributed by atoms with Crippen LogP contribution in [-0.4, -0.2) is 40.1 Å². The van der Waals surface area contributed by atoms with Crippen molar-refractivity contribution in [3.8, 4) is 23.1 Å². The summed E-state index contributed by atoms with van der Waals surface area (Å²) in [5.74, 6) is 2.26. The van der Waals surface area contributed by atoms with Gasteiger partial charge in [-0.05, 0) is 19.1 Å². The van der Waals surface area contributed by atoms with E-state index in [2.05, 4.69) is 15.5 Å². The van der Waals surface area contributed by atoms with E-state index in [-0.39, 0.29) is 5.91 Å². The molecule has 1 aromatic carbocycles. The number of anilines is 1. The zero-order valence-corrected chi connectivity index (χ0v) is 16.2. The second-order valence-corrected chi connectivity index (χ2v) is 7.00. The fourth-order valence-corrected chi connectivity index (χ4v) is 3.19. The monoisotopic (exact) mass is 388 g/mol. The van der Waals surface area contributed by atoms with Gasteiger partial charge in [-0.2, -0.15) is 0 Å². The van der Waals surface area contributed by atoms with Gasteiger partial charge in [-0.15, -0.1) is 10.2 Å². The zero-order valence-electron chi connectivity index (χ0n) is 15.4. The van der Waals surface area contributed by atoms with Crippen molar-refractivity contribution in [2.24, 2.45) is 7.05 Å². The summed E-state index contributed by atoms with van der Waals surface area (Å²) in [5.41, 5.74) is 0.595. The minimum atomic E-state index is -0.394. The standard InChI is InChI=1S/C18H20N4O4S/c1-11(17(23)19-12-8-13(24-3)10-14(9-12)25-4)27-18-21-20-16(22(18)2)15-6-5-7-26-15/h5-11H,1-4H3,(H,19,23). The average molecular weight is 388 g/mol. The maximum absolute atomic E-state index is 12.6. The summed E-state index contributed by atoms with van der Waals surface area (Å²) in [6, 6.07) is 8.80. The summed E-state index contributed by atoms with van der Waals surface area (Å²) in [6.45, 7) is 1.80. The molecule has 0 bridgehead atoms. The Morgan fingerprint density at radius 1 is 1.22 bits per heavy atom. The maximum atomic E-state index is 12.6. The molecule has 1 unspecified atom stereocenters. The number of furan rings is 1. The number of amides is 1. The third-order valence-electron chi connectivity index (χ3n) is 3.85. The van der Waals surface area contributed by atoms with Crippen LogP contribution in [0.1, 0.15) is 6.92 Å². The van der Waals surface area contributed by atoms with Gasteiger partial charge in [0, 0.05) is 30.9 Å². The van der Waals surface area contributed by atoms with Crippen molar-refractivity contribution in [3.63, 3.8) is 0 Å². The molecule has 0 aliphatic rings. The maximum Gasteiger partial charge on any atom is 0.237 e. The van der Waals surface area contributed by atoms with E-state index in [1.54, 1.807) is 56.2 Å². The Labute approximate surface area is 160 Å². The first-order chi connectivity index (χ1) is 13.0. The number of hydrogen-bond donors (Lipinski definition) is 1. The normalized spacial score (nSPS) is 11.9. The predicted molar refractivity (Wildman–Crippen MR) is 102 cm³/mol. The third kappa shape index (κ3) is 4.25. The molecule has 0 aliphatic heterocycles. The molecule has 9 heteroatoms. The van der Waals surface area contributed by atoms with E-state index >= 15 is 0 Å². The van der Waals surface area contributed by atoms with Crippen LogP contribution in [0.2, 0.25) is 0 Å². The lowest BCUT2D eigenvalue weighted by Gasteiger charge is -2.13. The average Bonchev–Trinajstić information content (AvgIpc) is 3.31. The lowest BCUT2D eigenvalue weighted by Crippen LogP contribution is -2.22. The SMILES string of the molecule is COc1cc(NC(=O)C(C)Sc2nnc(-c3ccco3)n2C)cc(OC)c1. The van der Waals surface area contributed by atoms with Crippen LogP contribution >= 0.6 is 11.8 Å². The van der Waals surface area contributed by atoms with Crippen molar-refractivity contribution in [3.05, 3.63) is 36.6 Å². The molecular formula is C18H20N4O4S. The number of thioether (sulfide) groups is 1.